The molecule has 0 saturated carbocycles. The molecule has 0 bridgehead atoms. The van der Waals surface area contributed by atoms with Crippen LogP contribution in [0, 0.1) is 5.92 Å². The van der Waals surface area contributed by atoms with E-state index in [0.29, 0.717) is 23.7 Å². The first-order chi connectivity index (χ1) is 40.2. The van der Waals surface area contributed by atoms with Crippen LogP contribution in [0.5, 0.6) is 0 Å². The van der Waals surface area contributed by atoms with Crippen molar-refractivity contribution in [3.05, 3.63) is 0 Å². The minimum absolute atomic E-state index is 0.00566. The number of esters is 1. The summed E-state index contributed by atoms with van der Waals surface area (Å²) in [6, 6.07) is -15.0. The summed E-state index contributed by atoms with van der Waals surface area (Å²) in [6.45, 7) is 3.59. The summed E-state index contributed by atoms with van der Waals surface area (Å²) in [5, 5.41) is 85.3. The van der Waals surface area contributed by atoms with Gasteiger partial charge in [-0.3, -0.25) is 43.3 Å². The van der Waals surface area contributed by atoms with Crippen LogP contribution in [0.25, 0.3) is 0 Å². The van der Waals surface area contributed by atoms with Crippen LogP contribution in [-0.2, 0) is 57.5 Å². The summed E-state index contributed by atoms with van der Waals surface area (Å²) in [5.74, 6) is -14.4. The average molecular weight is 1210 g/mol. The summed E-state index contributed by atoms with van der Waals surface area (Å²) in [4.78, 5) is 165. The number of cyclic esters (lactones) is 1. The average Bonchev–Trinajstić information content (AvgIpc) is 4.03. The summed E-state index contributed by atoms with van der Waals surface area (Å²) in [7, 11) is 3.36. The molecule has 31 heteroatoms. The van der Waals surface area contributed by atoms with Gasteiger partial charge in [-0.2, -0.15) is 0 Å². The van der Waals surface area contributed by atoms with Crippen LogP contribution in [-0.4, -0.2) is 259 Å². The van der Waals surface area contributed by atoms with E-state index in [0.717, 1.165) is 43.4 Å². The summed E-state index contributed by atoms with van der Waals surface area (Å²) < 4.78 is 5.67. The number of guanidine groups is 1. The minimum Gasteiger partial charge on any atom is -0.479 e. The fourth-order valence-electron chi connectivity index (χ4n) is 10.6. The predicted molar refractivity (Wildman–Crippen MR) is 300 cm³/mol. The number of carboxylic acids is 2. The highest BCUT2D eigenvalue weighted by atomic mass is 16.5. The Hall–Kier alpha value is -7.09. The number of carbonyl (C=O) groups excluding carboxylic acids is 9. The lowest BCUT2D eigenvalue weighted by Gasteiger charge is -2.34. The summed E-state index contributed by atoms with van der Waals surface area (Å²) >= 11 is 0. The molecule has 14 N–H and O–H groups in total. The van der Waals surface area contributed by atoms with Crippen molar-refractivity contribution in [2.75, 3.05) is 46.9 Å². The van der Waals surface area contributed by atoms with Gasteiger partial charge >= 0.3 is 17.9 Å². The van der Waals surface area contributed by atoms with Crippen LogP contribution in [0.4, 0.5) is 0 Å². The Balaban J connectivity index is 1.78. The molecule has 4 heterocycles. The number of nitrogens with zero attached hydrogens (tertiary/aromatic N) is 6. The first-order valence-corrected chi connectivity index (χ1v) is 29.1. The number of nitrogens with one attached hydrogen (secondary N) is 5. The minimum atomic E-state index is -2.77. The molecule has 0 aromatic rings. The fourth-order valence-corrected chi connectivity index (χ4v) is 10.6. The zero-order chi connectivity index (χ0) is 63.2. The molecular weight excluding hydrogens is 1120 g/mol. The lowest BCUT2D eigenvalue weighted by molar-refractivity contribution is -0.165. The van der Waals surface area contributed by atoms with Gasteiger partial charge in [0.25, 0.3) is 0 Å². The SMILES string of the molecule is CC(C)CCCCCCCCC[C@@H]1CC(=O)N[C@H]([C@@H](C)O)C(=O)N2CCC[C@@H]2C(=O)N2CCC[C@H]2C(=O)N[C@@H](CCCN=C(N)/N=C/N(C)C)C(=O)N[C@H]([C@@H](O)C(=O)O)C(=O)N[C@H](CO)C(=O)N2CC[C@H](O)[C@H]2C(=O)N[C@@H]([C@H](O)C(=O)O)C(=O)O1. The quantitative estimate of drug-likeness (QED) is 0.0224. The normalized spacial score (nSPS) is 27.8. The van der Waals surface area contributed by atoms with E-state index in [1.165, 1.54) is 18.2 Å². The van der Waals surface area contributed by atoms with Crippen LogP contribution >= 0.6 is 0 Å². The van der Waals surface area contributed by atoms with Crippen LogP contribution in [0.15, 0.2) is 9.98 Å². The second kappa shape index (κ2) is 34.2. The number of unbranched alkanes of at least 4 members (excludes halogenated alkanes) is 6. The number of hydrogen-bond acceptors (Lipinski definition) is 18. The molecule has 4 aliphatic rings. The molecule has 4 fully saturated rings. The number of hydrogen-bond donors (Lipinski definition) is 13. The van der Waals surface area contributed by atoms with E-state index in [9.17, 15) is 88.5 Å². The molecule has 0 unspecified atom stereocenters. The number of carboxylic acid groups (broad SMARTS) is 2. The Kier molecular flexibility index (Phi) is 28.3. The number of amides is 8. The molecule has 4 rings (SSSR count). The number of aliphatic hydroxyl groups is 5. The maximum Gasteiger partial charge on any atom is 0.335 e. The van der Waals surface area contributed by atoms with Gasteiger partial charge < -0.3 is 92.4 Å². The van der Waals surface area contributed by atoms with E-state index < -0.39 is 164 Å². The van der Waals surface area contributed by atoms with Gasteiger partial charge in [-0.25, -0.2) is 19.4 Å². The number of rotatable bonds is 21. The Labute approximate surface area is 492 Å². The van der Waals surface area contributed by atoms with Crippen molar-refractivity contribution in [1.82, 2.24) is 46.2 Å². The van der Waals surface area contributed by atoms with E-state index in [1.807, 2.05) is 10.6 Å². The Morgan fingerprint density at radius 1 is 0.659 bits per heavy atom. The van der Waals surface area contributed by atoms with Gasteiger partial charge in [0, 0.05) is 40.3 Å². The predicted octanol–water partition coefficient (Wildman–Crippen LogP) is -4.21. The molecule has 0 aromatic carbocycles. The molecule has 0 radical (unpaired) electrons. The number of aliphatic imine (C=N–C) groups is 2. The van der Waals surface area contributed by atoms with Crippen molar-refractivity contribution < 1.29 is 93.2 Å². The Bertz CT molecular complexity index is 2410. The van der Waals surface area contributed by atoms with Crippen LogP contribution in [0.3, 0.4) is 0 Å². The Morgan fingerprint density at radius 2 is 1.24 bits per heavy atom. The first-order valence-electron chi connectivity index (χ1n) is 29.1. The zero-order valence-electron chi connectivity index (χ0n) is 49.0. The second-order valence-corrected chi connectivity index (χ2v) is 22.6. The third-order valence-corrected chi connectivity index (χ3v) is 15.2. The van der Waals surface area contributed by atoms with Crippen molar-refractivity contribution in [2.45, 2.75) is 209 Å². The molecule has 4 aliphatic heterocycles. The highest BCUT2D eigenvalue weighted by molar-refractivity contribution is 6.00. The third-order valence-electron chi connectivity index (χ3n) is 15.2. The largest absolute Gasteiger partial charge is 0.479 e. The molecular formula is C54H88N12O19. The molecule has 0 aromatic heterocycles. The standard InChI is InChI=1S/C54H88N12O19/c1-29(2)16-11-9-7-6-8-10-12-17-31-26-37(70)60-38(30(3)68)50(79)65-24-15-20-35(65)49(78)64-23-14-19-34(64)45(74)58-32(18-13-22-56-54(55)57-28-63(4)5)44(73)61-39(42(71)51(80)81)46(75)59-33(27-67)48(77)66-25-21-36(69)41(66)47(76)62-40(53(84)85-31)43(72)52(82)83/h28-36,38-43,67-69,71-72H,6-27H2,1-5H3,(H2,55,56)(H,58,74)(H,59,75)(H,60,70)(H,61,73)(H,62,76)(H,80,81)(H,82,83)/b57-28+/t30-,31-,32+,33-,34+,35-,36+,38-,39-,40+,41+,42-,43+/m1/s1. The first kappa shape index (κ1) is 70.4. The molecule has 31 nitrogen and oxygen atoms in total. The molecule has 4 saturated heterocycles. The lowest BCUT2D eigenvalue weighted by atomic mass is 10.0. The third kappa shape index (κ3) is 20.8. The molecule has 13 atom stereocenters. The lowest BCUT2D eigenvalue weighted by Crippen LogP contribution is -2.64. The van der Waals surface area contributed by atoms with Gasteiger partial charge in [-0.1, -0.05) is 58.8 Å². The van der Waals surface area contributed by atoms with Crippen molar-refractivity contribution in [2.24, 2.45) is 21.6 Å². The van der Waals surface area contributed by atoms with Gasteiger partial charge in [0.05, 0.1) is 31.6 Å². The van der Waals surface area contributed by atoms with Gasteiger partial charge in [0.15, 0.2) is 18.2 Å². The Morgan fingerprint density at radius 3 is 1.84 bits per heavy atom. The van der Waals surface area contributed by atoms with Crippen molar-refractivity contribution >= 4 is 77.5 Å². The van der Waals surface area contributed by atoms with Crippen molar-refractivity contribution in [1.29, 1.82) is 0 Å². The second-order valence-electron chi connectivity index (χ2n) is 22.6. The van der Waals surface area contributed by atoms with Crippen molar-refractivity contribution in [3.8, 4) is 0 Å². The maximum absolute atomic E-state index is 14.5. The van der Waals surface area contributed by atoms with E-state index in [-0.39, 0.29) is 77.0 Å². The number of fused-ring (bicyclic) bond motifs is 3. The van der Waals surface area contributed by atoms with E-state index in [4.69, 9.17) is 10.5 Å². The number of ether oxygens (including phenoxy) is 1. The molecule has 0 aliphatic carbocycles. The van der Waals surface area contributed by atoms with Crippen LogP contribution in [0.1, 0.15) is 130 Å². The molecule has 478 valence electrons. The summed E-state index contributed by atoms with van der Waals surface area (Å²) in [5.41, 5.74) is 5.88. The van der Waals surface area contributed by atoms with Gasteiger partial charge in [0.2, 0.25) is 53.2 Å². The summed E-state index contributed by atoms with van der Waals surface area (Å²) in [6.07, 6.45) is -3.00. The van der Waals surface area contributed by atoms with Gasteiger partial charge in [-0.05, 0) is 70.6 Å². The maximum atomic E-state index is 14.5. The van der Waals surface area contributed by atoms with Gasteiger partial charge in [-0.15, -0.1) is 0 Å². The van der Waals surface area contributed by atoms with Crippen molar-refractivity contribution in [3.63, 3.8) is 0 Å². The fraction of sp³-hybridized carbons (Fsp3) is 0.759. The number of aliphatic carboxylic acids is 2. The van der Waals surface area contributed by atoms with E-state index in [2.05, 4.69) is 39.8 Å². The van der Waals surface area contributed by atoms with Gasteiger partial charge in [0.1, 0.15) is 48.4 Å². The topological polar surface area (TPSA) is 462 Å². The number of aliphatic hydroxyl groups excluding tert-OH is 5. The molecule has 8 amide bonds. The molecule has 85 heavy (non-hydrogen) atoms. The van der Waals surface area contributed by atoms with E-state index >= 15 is 0 Å². The molecule has 0 spiro atoms. The highest BCUT2D eigenvalue weighted by Gasteiger charge is 2.48. The smallest absolute Gasteiger partial charge is 0.335 e. The van der Waals surface area contributed by atoms with E-state index in [1.54, 1.807) is 19.0 Å². The number of nitrogens with two attached hydrogens (primary N) is 1. The monoisotopic (exact) mass is 1210 g/mol. The van der Waals surface area contributed by atoms with Crippen LogP contribution < -0.4 is 32.3 Å². The zero-order valence-corrected chi connectivity index (χ0v) is 49.0. The van der Waals surface area contributed by atoms with Crippen LogP contribution in [0.2, 0.25) is 0 Å². The highest BCUT2D eigenvalue weighted by Crippen LogP contribution is 2.27. The number of carbonyl (C=O) groups is 11.